The molecule has 0 aromatic rings. The van der Waals surface area contributed by atoms with Crippen LogP contribution in [0.5, 0.6) is 0 Å². The van der Waals surface area contributed by atoms with Gasteiger partial charge in [0.25, 0.3) is 5.91 Å². The molecule has 0 aromatic carbocycles. The zero-order chi connectivity index (χ0) is 14.1. The lowest BCUT2D eigenvalue weighted by molar-refractivity contribution is -0.151. The minimum Gasteiger partial charge on any atom is -0.464 e. The molecule has 0 spiro atoms. The maximum absolute atomic E-state index is 12.1. The number of nitrogens with zero attached hydrogens (tertiary/aromatic N) is 1. The largest absolute Gasteiger partial charge is 0.464 e. The number of thioether (sulfide) groups is 1. The monoisotopic (exact) mass is 337 g/mol. The number of likely N-dealkylation sites (tertiary alicyclic amines) is 1. The Morgan fingerprint density at radius 1 is 1.61 bits per heavy atom. The Kier molecular flexibility index (Phi) is 4.85. The fraction of sp³-hybridized carbons (Fsp3) is 0.636. The fourth-order valence-electron chi connectivity index (χ4n) is 1.85. The summed E-state index contributed by atoms with van der Waals surface area (Å²) in [6, 6.07) is 0. The lowest BCUT2D eigenvalue weighted by Crippen LogP contribution is -2.71. The van der Waals surface area contributed by atoms with Gasteiger partial charge in [-0.3, -0.25) is 9.69 Å². The molecule has 2 atom stereocenters. The molecule has 18 heavy (non-hydrogen) atoms. The summed E-state index contributed by atoms with van der Waals surface area (Å²) in [7, 11) is 1.27. The van der Waals surface area contributed by atoms with Gasteiger partial charge in [0.15, 0.2) is 4.32 Å². The molecule has 102 valence electrons. The van der Waals surface area contributed by atoms with E-state index >= 15 is 0 Å². The highest BCUT2D eigenvalue weighted by atomic mass is 79.9. The van der Waals surface area contributed by atoms with E-state index in [1.54, 1.807) is 13.8 Å². The number of β-lactam (4-membered cyclic amide) rings is 1. The Hall–Kier alpha value is -0.530. The molecule has 1 amide bonds. The number of carbonyl (C=O) groups excluding carboxylic acids is 2. The number of halogens is 1. The lowest BCUT2D eigenvalue weighted by atomic mass is 9.96. The van der Waals surface area contributed by atoms with Gasteiger partial charge in [-0.05, 0) is 25.7 Å². The second-order valence-corrected chi connectivity index (χ2v) is 6.46. The van der Waals surface area contributed by atoms with Crippen molar-refractivity contribution in [3.05, 3.63) is 11.3 Å². The van der Waals surface area contributed by atoms with Crippen molar-refractivity contribution in [2.24, 2.45) is 0 Å². The van der Waals surface area contributed by atoms with Gasteiger partial charge in [0.2, 0.25) is 0 Å². The van der Waals surface area contributed by atoms with Gasteiger partial charge in [-0.2, -0.15) is 0 Å². The number of amides is 1. The van der Waals surface area contributed by atoms with Crippen LogP contribution in [-0.2, 0) is 14.3 Å². The number of hydrogen-bond acceptors (Lipinski definition) is 5. The molecule has 1 heterocycles. The Morgan fingerprint density at radius 3 is 2.50 bits per heavy atom. The molecule has 0 aliphatic carbocycles. The highest BCUT2D eigenvalue weighted by Gasteiger charge is 2.61. The molecule has 0 aromatic heterocycles. The van der Waals surface area contributed by atoms with Crippen LogP contribution >= 0.6 is 27.7 Å². The number of allylic oxidation sites excluding steroid dienone is 1. The highest BCUT2D eigenvalue weighted by molar-refractivity contribution is 9.10. The van der Waals surface area contributed by atoms with Gasteiger partial charge >= 0.3 is 5.97 Å². The second-order valence-electron chi connectivity index (χ2n) is 4.12. The van der Waals surface area contributed by atoms with Gasteiger partial charge in [-0.15, -0.1) is 11.8 Å². The first-order chi connectivity index (χ1) is 8.34. The average molecular weight is 338 g/mol. The molecule has 0 bridgehead atoms. The Morgan fingerprint density at radius 2 is 2.17 bits per heavy atom. The van der Waals surface area contributed by atoms with Crippen molar-refractivity contribution in [2.45, 2.75) is 23.5 Å². The first-order valence-electron chi connectivity index (χ1n) is 5.27. The molecule has 5 nitrogen and oxygen atoms in total. The summed E-state index contributed by atoms with van der Waals surface area (Å²) in [6.07, 6.45) is 1.82. The molecule has 2 unspecified atom stereocenters. The number of alkyl halides is 1. The summed E-state index contributed by atoms with van der Waals surface area (Å²) in [5.41, 5.74) is 0.937. The second kappa shape index (κ2) is 5.63. The standard InChI is InChI=1S/C11H16BrNO4S/c1-6(2)7(8(15)17-3)13-9(16)11(12,5-14)10(13)18-4/h10,14H,5H2,1-4H3. The van der Waals surface area contributed by atoms with Crippen molar-refractivity contribution < 1.29 is 19.4 Å². The minimum absolute atomic E-state index is 0.241. The average Bonchev–Trinajstić information content (AvgIpc) is 2.36. The van der Waals surface area contributed by atoms with Crippen LogP contribution in [0.2, 0.25) is 0 Å². The summed E-state index contributed by atoms with van der Waals surface area (Å²) in [6.45, 7) is 3.17. The van der Waals surface area contributed by atoms with E-state index < -0.39 is 10.3 Å². The van der Waals surface area contributed by atoms with E-state index in [0.29, 0.717) is 5.57 Å². The molecular weight excluding hydrogens is 322 g/mol. The van der Waals surface area contributed by atoms with Gasteiger partial charge < -0.3 is 9.84 Å². The van der Waals surface area contributed by atoms with Crippen LogP contribution < -0.4 is 0 Å². The molecular formula is C11H16BrNO4S. The molecule has 1 fully saturated rings. The van der Waals surface area contributed by atoms with E-state index in [1.807, 2.05) is 6.26 Å². The smallest absolute Gasteiger partial charge is 0.354 e. The van der Waals surface area contributed by atoms with Crippen LogP contribution in [0.25, 0.3) is 0 Å². The number of hydrogen-bond donors (Lipinski definition) is 1. The molecule has 7 heteroatoms. The maximum Gasteiger partial charge on any atom is 0.354 e. The van der Waals surface area contributed by atoms with E-state index in [1.165, 1.54) is 23.8 Å². The molecule has 1 aliphatic heterocycles. The predicted molar refractivity (Wildman–Crippen MR) is 73.3 cm³/mol. The van der Waals surface area contributed by atoms with Gasteiger partial charge in [0, 0.05) is 0 Å². The van der Waals surface area contributed by atoms with Gasteiger partial charge in [0.1, 0.15) is 11.1 Å². The zero-order valence-electron chi connectivity index (χ0n) is 10.7. The zero-order valence-corrected chi connectivity index (χ0v) is 13.1. The highest BCUT2D eigenvalue weighted by Crippen LogP contribution is 2.46. The maximum atomic E-state index is 12.1. The predicted octanol–water partition coefficient (Wildman–Crippen LogP) is 1.11. The third-order valence-electron chi connectivity index (χ3n) is 2.75. The number of aliphatic hydroxyl groups is 1. The molecule has 1 rings (SSSR count). The quantitative estimate of drug-likeness (QED) is 0.360. The van der Waals surface area contributed by atoms with Crippen LogP contribution in [-0.4, -0.2) is 51.6 Å². The van der Waals surface area contributed by atoms with Crippen LogP contribution in [0.1, 0.15) is 13.8 Å². The molecule has 1 aliphatic rings. The van der Waals surface area contributed by atoms with Gasteiger partial charge in [-0.1, -0.05) is 15.9 Å². The van der Waals surface area contributed by atoms with E-state index in [4.69, 9.17) is 4.74 Å². The van der Waals surface area contributed by atoms with Crippen molar-refractivity contribution in [2.75, 3.05) is 20.0 Å². The van der Waals surface area contributed by atoms with Crippen molar-refractivity contribution in [3.8, 4) is 0 Å². The van der Waals surface area contributed by atoms with Gasteiger partial charge in [-0.25, -0.2) is 4.79 Å². The number of ether oxygens (including phenoxy) is 1. The van der Waals surface area contributed by atoms with Crippen molar-refractivity contribution in [1.29, 1.82) is 0 Å². The Labute approximate surface area is 119 Å². The van der Waals surface area contributed by atoms with E-state index in [2.05, 4.69) is 15.9 Å². The van der Waals surface area contributed by atoms with Crippen molar-refractivity contribution >= 4 is 39.6 Å². The van der Waals surface area contributed by atoms with Crippen molar-refractivity contribution in [3.63, 3.8) is 0 Å². The third-order valence-corrected chi connectivity index (χ3v) is 5.13. The molecule has 0 saturated carbocycles. The topological polar surface area (TPSA) is 66.8 Å². The third kappa shape index (κ3) is 2.19. The first-order valence-corrected chi connectivity index (χ1v) is 7.35. The molecule has 1 N–H and O–H groups in total. The van der Waals surface area contributed by atoms with E-state index in [0.717, 1.165) is 0 Å². The summed E-state index contributed by atoms with van der Waals surface area (Å²) >= 11 is 4.64. The fourth-order valence-corrected chi connectivity index (χ4v) is 3.77. The molecule has 0 radical (unpaired) electrons. The van der Waals surface area contributed by atoms with Crippen LogP contribution in [0.3, 0.4) is 0 Å². The number of methoxy groups -OCH3 is 1. The van der Waals surface area contributed by atoms with Gasteiger partial charge in [0.05, 0.1) is 13.7 Å². The first kappa shape index (κ1) is 15.5. The summed E-state index contributed by atoms with van der Waals surface area (Å²) in [5, 5.41) is 8.98. The van der Waals surface area contributed by atoms with Crippen molar-refractivity contribution in [1.82, 2.24) is 4.90 Å². The van der Waals surface area contributed by atoms with E-state index in [9.17, 15) is 14.7 Å². The lowest BCUT2D eigenvalue weighted by Gasteiger charge is -2.51. The normalized spacial score (nSPS) is 26.7. The summed E-state index contributed by atoms with van der Waals surface area (Å²) in [4.78, 5) is 25.2. The summed E-state index contributed by atoms with van der Waals surface area (Å²) < 4.78 is 3.68. The number of aliphatic hydroxyl groups excluding tert-OH is 1. The minimum atomic E-state index is -1.01. The van der Waals surface area contributed by atoms with Crippen LogP contribution in [0.15, 0.2) is 11.3 Å². The molecule has 1 saturated heterocycles. The van der Waals surface area contributed by atoms with Crippen LogP contribution in [0, 0.1) is 0 Å². The number of rotatable bonds is 4. The number of esters is 1. The number of carbonyl (C=O) groups is 2. The Balaban J connectivity index is 3.15. The van der Waals surface area contributed by atoms with E-state index in [-0.39, 0.29) is 23.6 Å². The Bertz CT molecular complexity index is 408. The van der Waals surface area contributed by atoms with Crippen LogP contribution in [0.4, 0.5) is 0 Å². The summed E-state index contributed by atoms with van der Waals surface area (Å²) in [5.74, 6) is -0.874. The SMILES string of the molecule is COC(=O)C(=C(C)C)N1C(=O)C(Br)(CO)C1SC.